The van der Waals surface area contributed by atoms with Gasteiger partial charge in [-0.15, -0.1) is 0 Å². The Morgan fingerprint density at radius 3 is 2.74 bits per heavy atom. The van der Waals surface area contributed by atoms with Crippen LogP contribution in [0.25, 0.3) is 11.2 Å². The molecular formula is C13H13N5O. The summed E-state index contributed by atoms with van der Waals surface area (Å²) in [6.07, 6.45) is 1.59. The largest absolute Gasteiger partial charge is 0.369 e. The van der Waals surface area contributed by atoms with Crippen molar-refractivity contribution in [2.45, 2.75) is 6.54 Å². The minimum Gasteiger partial charge on any atom is -0.369 e. The summed E-state index contributed by atoms with van der Waals surface area (Å²) in [7, 11) is 1.83. The molecule has 6 nitrogen and oxygen atoms in total. The molecule has 0 aliphatic carbocycles. The lowest BCUT2D eigenvalue weighted by atomic mass is 10.2. The van der Waals surface area contributed by atoms with Gasteiger partial charge in [-0.25, -0.2) is 4.98 Å². The van der Waals surface area contributed by atoms with Gasteiger partial charge in [0.25, 0.3) is 0 Å². The van der Waals surface area contributed by atoms with Gasteiger partial charge in [0.15, 0.2) is 5.52 Å². The van der Waals surface area contributed by atoms with E-state index in [2.05, 4.69) is 9.97 Å². The molecule has 0 bridgehead atoms. The highest BCUT2D eigenvalue weighted by atomic mass is 16.1. The van der Waals surface area contributed by atoms with E-state index in [1.165, 1.54) is 0 Å². The summed E-state index contributed by atoms with van der Waals surface area (Å²) in [5.74, 6) is 0.199. The monoisotopic (exact) mass is 255 g/mol. The summed E-state index contributed by atoms with van der Waals surface area (Å²) in [6.45, 7) is 0.552. The van der Waals surface area contributed by atoms with Gasteiger partial charge in [-0.3, -0.25) is 9.36 Å². The number of nitrogens with zero attached hydrogens (tertiary/aromatic N) is 4. The second-order valence-corrected chi connectivity index (χ2v) is 4.37. The van der Waals surface area contributed by atoms with Crippen LogP contribution in [0, 0.1) is 0 Å². The van der Waals surface area contributed by atoms with E-state index in [9.17, 15) is 4.79 Å². The first-order valence-corrected chi connectivity index (χ1v) is 5.88. The van der Waals surface area contributed by atoms with Crippen molar-refractivity contribution in [3.8, 4) is 0 Å². The van der Waals surface area contributed by atoms with Crippen LogP contribution < -0.4 is 11.3 Å². The number of benzene rings is 1. The van der Waals surface area contributed by atoms with Gasteiger partial charge in [-0.05, 0) is 5.56 Å². The molecule has 2 heterocycles. The molecule has 0 amide bonds. The summed E-state index contributed by atoms with van der Waals surface area (Å²) in [5.41, 5.74) is 7.59. The molecule has 1 aromatic carbocycles. The Kier molecular flexibility index (Phi) is 2.56. The van der Waals surface area contributed by atoms with Crippen LogP contribution in [-0.4, -0.2) is 19.1 Å². The number of nitrogens with two attached hydrogens (primary N) is 1. The topological polar surface area (TPSA) is 78.7 Å². The summed E-state index contributed by atoms with van der Waals surface area (Å²) in [4.78, 5) is 19.6. The Balaban J connectivity index is 2.23. The molecule has 3 rings (SSSR count). The SMILES string of the molecule is Cn1cnc2c(=O)nc(N)n(Cc3ccccc3)c21. The van der Waals surface area contributed by atoms with E-state index in [4.69, 9.17) is 5.73 Å². The summed E-state index contributed by atoms with van der Waals surface area (Å²) < 4.78 is 3.57. The third-order valence-electron chi connectivity index (χ3n) is 3.04. The van der Waals surface area contributed by atoms with Crippen molar-refractivity contribution in [1.82, 2.24) is 19.1 Å². The van der Waals surface area contributed by atoms with E-state index in [1.54, 1.807) is 15.5 Å². The molecule has 0 saturated heterocycles. The first-order chi connectivity index (χ1) is 9.16. The van der Waals surface area contributed by atoms with Crippen molar-refractivity contribution in [2.75, 3.05) is 5.73 Å². The van der Waals surface area contributed by atoms with Gasteiger partial charge in [0.1, 0.15) is 5.65 Å². The molecule has 2 N–H and O–H groups in total. The van der Waals surface area contributed by atoms with Gasteiger partial charge in [0.2, 0.25) is 5.95 Å². The maximum Gasteiger partial charge on any atom is 0.302 e. The van der Waals surface area contributed by atoms with Crippen molar-refractivity contribution in [2.24, 2.45) is 7.05 Å². The van der Waals surface area contributed by atoms with Crippen molar-refractivity contribution in [3.63, 3.8) is 0 Å². The van der Waals surface area contributed by atoms with E-state index >= 15 is 0 Å². The number of rotatable bonds is 2. The molecule has 2 aromatic heterocycles. The fraction of sp³-hybridized carbons (Fsp3) is 0.154. The maximum atomic E-state index is 11.7. The zero-order valence-corrected chi connectivity index (χ0v) is 10.4. The predicted octanol–water partition coefficient (Wildman–Crippen LogP) is 0.760. The highest BCUT2D eigenvalue weighted by Crippen LogP contribution is 2.13. The molecule has 0 saturated carbocycles. The Bertz CT molecular complexity index is 788. The third kappa shape index (κ3) is 1.87. The molecule has 0 fully saturated rings. The fourth-order valence-corrected chi connectivity index (χ4v) is 2.14. The molecule has 3 aromatic rings. The van der Waals surface area contributed by atoms with Gasteiger partial charge >= 0.3 is 5.56 Å². The van der Waals surface area contributed by atoms with Gasteiger partial charge in [-0.2, -0.15) is 4.98 Å². The van der Waals surface area contributed by atoms with E-state index in [1.807, 2.05) is 37.4 Å². The number of fused-ring (bicyclic) bond motifs is 1. The lowest BCUT2D eigenvalue weighted by molar-refractivity contribution is 0.774. The molecule has 6 heteroatoms. The van der Waals surface area contributed by atoms with Crippen LogP contribution in [0.4, 0.5) is 5.95 Å². The number of hydrogen-bond acceptors (Lipinski definition) is 4. The standard InChI is InChI=1S/C13H13N5O/c1-17-8-15-10-11(19)16-13(14)18(12(10)17)7-9-5-3-2-4-6-9/h2-6,8H,7H2,1H3,(H2,14,16,19). The summed E-state index contributed by atoms with van der Waals surface area (Å²) in [5, 5.41) is 0. The van der Waals surface area contributed by atoms with Crippen molar-refractivity contribution >= 4 is 17.1 Å². The number of hydrogen-bond donors (Lipinski definition) is 1. The Morgan fingerprint density at radius 2 is 2.00 bits per heavy atom. The van der Waals surface area contributed by atoms with Crippen LogP contribution in [-0.2, 0) is 13.6 Å². The van der Waals surface area contributed by atoms with E-state index in [-0.39, 0.29) is 5.95 Å². The minimum atomic E-state index is -0.391. The molecule has 0 aliphatic heterocycles. The van der Waals surface area contributed by atoms with Crippen LogP contribution in [0.5, 0.6) is 0 Å². The van der Waals surface area contributed by atoms with Crippen LogP contribution in [0.2, 0.25) is 0 Å². The number of imidazole rings is 1. The molecule has 0 spiro atoms. The van der Waals surface area contributed by atoms with Crippen LogP contribution in [0.3, 0.4) is 0 Å². The first-order valence-electron chi connectivity index (χ1n) is 5.88. The maximum absolute atomic E-state index is 11.7. The molecule has 0 aliphatic rings. The molecule has 96 valence electrons. The quantitative estimate of drug-likeness (QED) is 0.733. The fourth-order valence-electron chi connectivity index (χ4n) is 2.14. The van der Waals surface area contributed by atoms with Crippen molar-refractivity contribution in [1.29, 1.82) is 0 Å². The van der Waals surface area contributed by atoms with E-state index in [0.29, 0.717) is 17.7 Å². The van der Waals surface area contributed by atoms with Crippen LogP contribution in [0.1, 0.15) is 5.56 Å². The van der Waals surface area contributed by atoms with Crippen LogP contribution >= 0.6 is 0 Å². The second kappa shape index (κ2) is 4.24. The van der Waals surface area contributed by atoms with E-state index in [0.717, 1.165) is 5.56 Å². The Labute approximate surface area is 109 Å². The van der Waals surface area contributed by atoms with Gasteiger partial charge < -0.3 is 10.3 Å². The lowest BCUT2D eigenvalue weighted by Gasteiger charge is -2.12. The zero-order chi connectivity index (χ0) is 13.4. The Hall–Kier alpha value is -2.63. The molecule has 0 radical (unpaired) electrons. The average molecular weight is 255 g/mol. The normalized spacial score (nSPS) is 11.0. The Morgan fingerprint density at radius 1 is 1.26 bits per heavy atom. The number of aryl methyl sites for hydroxylation is 1. The summed E-state index contributed by atoms with van der Waals surface area (Å²) in [6, 6.07) is 9.87. The smallest absolute Gasteiger partial charge is 0.302 e. The molecule has 0 atom stereocenters. The molecule has 0 unspecified atom stereocenters. The van der Waals surface area contributed by atoms with Gasteiger partial charge in [0.05, 0.1) is 12.9 Å². The minimum absolute atomic E-state index is 0.199. The van der Waals surface area contributed by atoms with Gasteiger partial charge in [0, 0.05) is 7.05 Å². The van der Waals surface area contributed by atoms with Crippen LogP contribution in [0.15, 0.2) is 41.5 Å². The average Bonchev–Trinajstić information content (AvgIpc) is 2.78. The number of aromatic nitrogens is 4. The highest BCUT2D eigenvalue weighted by Gasteiger charge is 2.13. The number of nitrogen functional groups attached to an aromatic ring is 1. The first kappa shape index (κ1) is 11.5. The lowest BCUT2D eigenvalue weighted by Crippen LogP contribution is -2.19. The van der Waals surface area contributed by atoms with Crippen molar-refractivity contribution < 1.29 is 0 Å². The number of anilines is 1. The molecule has 19 heavy (non-hydrogen) atoms. The zero-order valence-electron chi connectivity index (χ0n) is 10.4. The molecular weight excluding hydrogens is 242 g/mol. The second-order valence-electron chi connectivity index (χ2n) is 4.37. The predicted molar refractivity (Wildman–Crippen MR) is 72.7 cm³/mol. The summed E-state index contributed by atoms with van der Waals surface area (Å²) >= 11 is 0. The van der Waals surface area contributed by atoms with E-state index < -0.39 is 5.56 Å². The third-order valence-corrected chi connectivity index (χ3v) is 3.04. The van der Waals surface area contributed by atoms with Crippen molar-refractivity contribution in [3.05, 3.63) is 52.6 Å². The highest BCUT2D eigenvalue weighted by molar-refractivity contribution is 5.71. The van der Waals surface area contributed by atoms with Gasteiger partial charge in [-0.1, -0.05) is 30.3 Å².